The Balaban J connectivity index is 1.88. The van der Waals surface area contributed by atoms with Crippen molar-refractivity contribution in [3.63, 3.8) is 0 Å². The molecule has 0 unspecified atom stereocenters. The molecule has 0 spiro atoms. The maximum atomic E-state index is 13.1. The van der Waals surface area contributed by atoms with E-state index in [0.717, 1.165) is 9.56 Å². The van der Waals surface area contributed by atoms with E-state index in [4.69, 9.17) is 32.5 Å². The van der Waals surface area contributed by atoms with Crippen molar-refractivity contribution < 1.29 is 14.1 Å². The first-order chi connectivity index (χ1) is 14.9. The van der Waals surface area contributed by atoms with Gasteiger partial charge in [0.05, 0.1) is 34.9 Å². The molecule has 0 saturated carbocycles. The number of pyridine rings is 1. The summed E-state index contributed by atoms with van der Waals surface area (Å²) in [4.78, 5) is 26.2. The summed E-state index contributed by atoms with van der Waals surface area (Å²) in [6, 6.07) is 6.47. The predicted molar refractivity (Wildman–Crippen MR) is 117 cm³/mol. The minimum atomic E-state index is -0.505. The highest BCUT2D eigenvalue weighted by molar-refractivity contribution is 7.16. The van der Waals surface area contributed by atoms with Crippen LogP contribution in [0.25, 0.3) is 11.4 Å². The van der Waals surface area contributed by atoms with E-state index in [-0.39, 0.29) is 33.4 Å². The molecule has 1 N–H and O–H groups in total. The lowest BCUT2D eigenvalue weighted by Crippen LogP contribution is -2.18. The summed E-state index contributed by atoms with van der Waals surface area (Å²) in [6.07, 6.45) is 2.49. The molecule has 0 radical (unpaired) electrons. The molecular formula is C19H15Cl2N5O4S. The fourth-order valence-corrected chi connectivity index (χ4v) is 4.29. The standard InChI is InChI=1S/C19H15Cl2N5O4S/c1-25-14(27)6-4-12(20)16(25)15-17(29-2)18(22-8-11-3-5-13(21)31-11)26(24-15)19(28)10-7-23-30-9-10/h3-7,9,22H,8H2,1-2H3. The molecule has 0 aromatic carbocycles. The fraction of sp³-hybridized carbons (Fsp3) is 0.158. The predicted octanol–water partition coefficient (Wildman–Crippen LogP) is 3.91. The molecule has 0 amide bonds. The number of thiophene rings is 1. The molecule has 9 nitrogen and oxygen atoms in total. The summed E-state index contributed by atoms with van der Waals surface area (Å²) in [6.45, 7) is 0.358. The molecule has 0 atom stereocenters. The lowest BCUT2D eigenvalue weighted by Gasteiger charge is -2.10. The number of hydrogen-bond acceptors (Lipinski definition) is 8. The van der Waals surface area contributed by atoms with Gasteiger partial charge in [0.1, 0.15) is 11.8 Å². The molecule has 160 valence electrons. The van der Waals surface area contributed by atoms with Crippen LogP contribution in [0.2, 0.25) is 9.36 Å². The summed E-state index contributed by atoms with van der Waals surface area (Å²) >= 11 is 13.8. The van der Waals surface area contributed by atoms with Gasteiger partial charge >= 0.3 is 0 Å². The van der Waals surface area contributed by atoms with E-state index < -0.39 is 5.91 Å². The zero-order valence-corrected chi connectivity index (χ0v) is 18.6. The van der Waals surface area contributed by atoms with Crippen molar-refractivity contribution in [2.45, 2.75) is 6.54 Å². The number of methoxy groups -OCH3 is 1. The molecule has 0 aliphatic carbocycles. The van der Waals surface area contributed by atoms with E-state index in [1.807, 2.05) is 6.07 Å². The Labute approximate surface area is 189 Å². The molecule has 0 fully saturated rings. The Kier molecular flexibility index (Phi) is 5.86. The van der Waals surface area contributed by atoms with Gasteiger partial charge in [0, 0.05) is 18.0 Å². The van der Waals surface area contributed by atoms with Crippen LogP contribution < -0.4 is 15.6 Å². The van der Waals surface area contributed by atoms with E-state index in [2.05, 4.69) is 15.6 Å². The van der Waals surface area contributed by atoms with Crippen molar-refractivity contribution in [1.82, 2.24) is 19.5 Å². The number of carbonyl (C=O) groups excluding carboxylic acids is 1. The molecule has 0 aliphatic rings. The minimum Gasteiger partial charge on any atom is -0.491 e. The molecule has 12 heteroatoms. The molecule has 4 rings (SSSR count). The highest BCUT2D eigenvalue weighted by Crippen LogP contribution is 2.39. The van der Waals surface area contributed by atoms with Crippen molar-refractivity contribution in [3.05, 3.63) is 66.9 Å². The quantitative estimate of drug-likeness (QED) is 0.446. The van der Waals surface area contributed by atoms with E-state index in [0.29, 0.717) is 16.6 Å². The molecule has 4 aromatic rings. The number of carbonyl (C=O) groups is 1. The number of halogens is 2. The number of rotatable bonds is 6. The Morgan fingerprint density at radius 2 is 2.10 bits per heavy atom. The smallest absolute Gasteiger partial charge is 0.285 e. The summed E-state index contributed by atoms with van der Waals surface area (Å²) in [7, 11) is 3.00. The summed E-state index contributed by atoms with van der Waals surface area (Å²) in [5.74, 6) is 0.0192. The van der Waals surface area contributed by atoms with Crippen molar-refractivity contribution in [2.24, 2.45) is 7.05 Å². The van der Waals surface area contributed by atoms with Gasteiger partial charge in [-0.25, -0.2) is 0 Å². The summed E-state index contributed by atoms with van der Waals surface area (Å²) < 4.78 is 13.5. The van der Waals surface area contributed by atoms with Crippen molar-refractivity contribution >= 4 is 46.3 Å². The van der Waals surface area contributed by atoms with E-state index >= 15 is 0 Å². The minimum absolute atomic E-state index is 0.187. The Morgan fingerprint density at radius 1 is 1.29 bits per heavy atom. The van der Waals surface area contributed by atoms with Gasteiger partial charge in [0.25, 0.3) is 11.5 Å². The third-order valence-electron chi connectivity index (χ3n) is 4.47. The number of nitrogens with one attached hydrogen (secondary N) is 1. The third-order valence-corrected chi connectivity index (χ3v) is 6.00. The van der Waals surface area contributed by atoms with Gasteiger partial charge in [-0.2, -0.15) is 9.78 Å². The maximum Gasteiger partial charge on any atom is 0.285 e. The molecule has 0 saturated heterocycles. The largest absolute Gasteiger partial charge is 0.491 e. The van der Waals surface area contributed by atoms with Crippen LogP contribution in [0.4, 0.5) is 5.82 Å². The molecule has 0 aliphatic heterocycles. The van der Waals surface area contributed by atoms with Crippen molar-refractivity contribution in [2.75, 3.05) is 12.4 Å². The second kappa shape index (κ2) is 8.58. The first-order valence-electron chi connectivity index (χ1n) is 8.85. The lowest BCUT2D eigenvalue weighted by atomic mass is 10.2. The lowest BCUT2D eigenvalue weighted by molar-refractivity contribution is 0.0947. The van der Waals surface area contributed by atoms with Crippen LogP contribution in [0.3, 0.4) is 0 Å². The number of aromatic nitrogens is 4. The highest BCUT2D eigenvalue weighted by atomic mass is 35.5. The van der Waals surface area contributed by atoms with Crippen LogP contribution >= 0.6 is 34.5 Å². The van der Waals surface area contributed by atoms with Crippen molar-refractivity contribution in [1.29, 1.82) is 0 Å². The first kappa shape index (κ1) is 21.2. The molecule has 31 heavy (non-hydrogen) atoms. The average molecular weight is 480 g/mol. The van der Waals surface area contributed by atoms with Crippen LogP contribution in [0.15, 0.2) is 46.0 Å². The Morgan fingerprint density at radius 3 is 2.74 bits per heavy atom. The Hall–Kier alpha value is -3.08. The number of hydrogen-bond donors (Lipinski definition) is 1. The maximum absolute atomic E-state index is 13.1. The van der Waals surface area contributed by atoms with E-state index in [1.165, 1.54) is 47.6 Å². The topological polar surface area (TPSA) is 104 Å². The number of ether oxygens (including phenoxy) is 1. The zero-order valence-electron chi connectivity index (χ0n) is 16.3. The van der Waals surface area contributed by atoms with Gasteiger partial charge in [-0.3, -0.25) is 9.59 Å². The molecular weight excluding hydrogens is 465 g/mol. The van der Waals surface area contributed by atoms with Crippen LogP contribution in [0.5, 0.6) is 5.75 Å². The summed E-state index contributed by atoms with van der Waals surface area (Å²) in [5.41, 5.74) is 0.436. The SMILES string of the molecule is COc1c(-c2c(Cl)ccc(=O)n2C)nn(C(=O)c2cnoc2)c1NCc1ccc(Cl)s1. The van der Waals surface area contributed by atoms with Gasteiger partial charge in [-0.1, -0.05) is 28.4 Å². The van der Waals surface area contributed by atoms with Crippen LogP contribution in [0.1, 0.15) is 15.2 Å². The van der Waals surface area contributed by atoms with Crippen LogP contribution in [0, 0.1) is 0 Å². The third kappa shape index (κ3) is 3.97. The van der Waals surface area contributed by atoms with Gasteiger partial charge in [-0.15, -0.1) is 11.3 Å². The van der Waals surface area contributed by atoms with Gasteiger partial charge in [-0.05, 0) is 18.2 Å². The second-order valence-electron chi connectivity index (χ2n) is 6.35. The van der Waals surface area contributed by atoms with E-state index in [1.54, 1.807) is 13.1 Å². The van der Waals surface area contributed by atoms with Gasteiger partial charge in [0.2, 0.25) is 0 Å². The van der Waals surface area contributed by atoms with E-state index in [9.17, 15) is 9.59 Å². The highest BCUT2D eigenvalue weighted by Gasteiger charge is 2.28. The van der Waals surface area contributed by atoms with Gasteiger partial charge in [0.15, 0.2) is 17.3 Å². The number of anilines is 1. The normalized spacial score (nSPS) is 11.0. The molecule has 0 bridgehead atoms. The second-order valence-corrected chi connectivity index (χ2v) is 8.55. The van der Waals surface area contributed by atoms with Crippen LogP contribution in [-0.2, 0) is 13.6 Å². The van der Waals surface area contributed by atoms with Crippen molar-refractivity contribution in [3.8, 4) is 17.1 Å². The molecule has 4 aromatic heterocycles. The van der Waals surface area contributed by atoms with Gasteiger partial charge < -0.3 is 19.1 Å². The van der Waals surface area contributed by atoms with Crippen LogP contribution in [-0.4, -0.2) is 32.5 Å². The zero-order chi connectivity index (χ0) is 22.1. The fourth-order valence-electron chi connectivity index (χ4n) is 2.98. The molecule has 4 heterocycles. The first-order valence-corrected chi connectivity index (χ1v) is 10.4. The Bertz CT molecular complexity index is 1310. The number of nitrogens with zero attached hydrogens (tertiary/aromatic N) is 4. The monoisotopic (exact) mass is 479 g/mol. The average Bonchev–Trinajstić information content (AvgIpc) is 3.49. The summed E-state index contributed by atoms with van der Waals surface area (Å²) in [5, 5.41) is 11.5.